The molecule has 0 unspecified atom stereocenters. The number of nitrogens with zero attached hydrogens (tertiary/aromatic N) is 1. The first-order chi connectivity index (χ1) is 16.9. The SMILES string of the molecule is O=C(OCc1ccccc1)N(CC(c1ccccc1)(c1ccccc1)P(=O)(O)O)c1ccccc1. The predicted octanol–water partition coefficient (Wildman–Crippen LogP) is 5.95. The van der Waals surface area contributed by atoms with Gasteiger partial charge in [-0.15, -0.1) is 0 Å². The summed E-state index contributed by atoms with van der Waals surface area (Å²) in [5.74, 6) is 0. The van der Waals surface area contributed by atoms with Crippen LogP contribution in [0.25, 0.3) is 0 Å². The normalized spacial score (nSPS) is 11.6. The van der Waals surface area contributed by atoms with Crippen molar-refractivity contribution in [3.8, 4) is 0 Å². The highest BCUT2D eigenvalue weighted by Gasteiger charge is 2.52. The zero-order chi connectivity index (χ0) is 24.7. The van der Waals surface area contributed by atoms with Crippen LogP contribution in [0.5, 0.6) is 0 Å². The van der Waals surface area contributed by atoms with Gasteiger partial charge in [0.2, 0.25) is 0 Å². The number of carbonyl (C=O) groups is 1. The monoisotopic (exact) mass is 487 g/mol. The van der Waals surface area contributed by atoms with Crippen molar-refractivity contribution >= 4 is 19.4 Å². The maximum Gasteiger partial charge on any atom is 0.414 e. The van der Waals surface area contributed by atoms with Gasteiger partial charge in [0.1, 0.15) is 11.8 Å². The van der Waals surface area contributed by atoms with Crippen LogP contribution in [0, 0.1) is 0 Å². The summed E-state index contributed by atoms with van der Waals surface area (Å²) in [6.45, 7) is -0.300. The van der Waals surface area contributed by atoms with Gasteiger partial charge in [0.05, 0.1) is 6.54 Å². The van der Waals surface area contributed by atoms with Crippen LogP contribution in [-0.2, 0) is 21.1 Å². The lowest BCUT2D eigenvalue weighted by atomic mass is 9.89. The Morgan fingerprint density at radius 2 is 1.14 bits per heavy atom. The van der Waals surface area contributed by atoms with Crippen LogP contribution >= 0.6 is 7.60 Å². The van der Waals surface area contributed by atoms with Crippen LogP contribution < -0.4 is 4.90 Å². The van der Waals surface area contributed by atoms with Gasteiger partial charge in [-0.3, -0.25) is 9.46 Å². The molecule has 0 radical (unpaired) electrons. The Bertz CT molecular complexity index is 1240. The Labute approximate surface area is 204 Å². The molecule has 0 bridgehead atoms. The van der Waals surface area contributed by atoms with Crippen molar-refractivity contribution in [3.63, 3.8) is 0 Å². The molecule has 0 fully saturated rings. The summed E-state index contributed by atoms with van der Waals surface area (Å²) in [6.07, 6.45) is -0.704. The average Bonchev–Trinajstić information content (AvgIpc) is 2.89. The minimum Gasteiger partial charge on any atom is -0.444 e. The van der Waals surface area contributed by atoms with Crippen molar-refractivity contribution in [1.29, 1.82) is 0 Å². The number of ether oxygens (including phenoxy) is 1. The molecule has 0 saturated carbocycles. The molecule has 4 aromatic rings. The molecule has 0 saturated heterocycles. The molecule has 4 aromatic carbocycles. The van der Waals surface area contributed by atoms with Crippen LogP contribution in [-0.4, -0.2) is 22.4 Å². The first kappa shape index (κ1) is 24.4. The number of benzene rings is 4. The van der Waals surface area contributed by atoms with E-state index in [1.54, 1.807) is 84.9 Å². The summed E-state index contributed by atoms with van der Waals surface area (Å²) in [4.78, 5) is 36.4. The standard InChI is InChI=1S/C28H26NO5P/c30-27(34-21-23-13-5-1-6-14-23)29(26-19-11-4-12-20-26)22-28(35(31,32)33,24-15-7-2-8-16-24)25-17-9-3-10-18-25/h1-20H,21-22H2,(H2,31,32,33). The van der Waals surface area contributed by atoms with Crippen molar-refractivity contribution < 1.29 is 23.9 Å². The molecule has 0 spiro atoms. The fraction of sp³-hybridized carbons (Fsp3) is 0.107. The number of amides is 1. The van der Waals surface area contributed by atoms with E-state index in [0.29, 0.717) is 16.8 Å². The minimum atomic E-state index is -4.89. The minimum absolute atomic E-state index is 0.0303. The van der Waals surface area contributed by atoms with Gasteiger partial charge in [-0.2, -0.15) is 0 Å². The number of para-hydroxylation sites is 1. The van der Waals surface area contributed by atoms with E-state index in [1.807, 2.05) is 36.4 Å². The lowest BCUT2D eigenvalue weighted by Crippen LogP contribution is -2.45. The average molecular weight is 487 g/mol. The summed E-state index contributed by atoms with van der Waals surface area (Å²) < 4.78 is 18.9. The van der Waals surface area contributed by atoms with Crippen LogP contribution in [0.3, 0.4) is 0 Å². The van der Waals surface area contributed by atoms with Gasteiger partial charge in [-0.25, -0.2) is 4.79 Å². The second kappa shape index (κ2) is 10.7. The van der Waals surface area contributed by atoms with E-state index in [1.165, 1.54) is 4.90 Å². The first-order valence-electron chi connectivity index (χ1n) is 11.1. The Hall–Kier alpha value is -3.70. The molecule has 0 heterocycles. The van der Waals surface area contributed by atoms with Gasteiger partial charge < -0.3 is 14.5 Å². The molecule has 4 rings (SSSR count). The third-order valence-corrected chi connectivity index (χ3v) is 7.53. The highest BCUT2D eigenvalue weighted by atomic mass is 31.2. The summed E-state index contributed by atoms with van der Waals surface area (Å²) in [6, 6.07) is 35.2. The number of carbonyl (C=O) groups excluding carboxylic acids is 1. The highest BCUT2D eigenvalue weighted by molar-refractivity contribution is 7.53. The summed E-state index contributed by atoms with van der Waals surface area (Å²) in [5, 5.41) is -1.82. The van der Waals surface area contributed by atoms with Gasteiger partial charge in [0, 0.05) is 5.69 Å². The van der Waals surface area contributed by atoms with Crippen LogP contribution in [0.4, 0.5) is 10.5 Å². The fourth-order valence-corrected chi connectivity index (χ4v) is 5.40. The van der Waals surface area contributed by atoms with Crippen LogP contribution in [0.1, 0.15) is 16.7 Å². The van der Waals surface area contributed by atoms with Crippen molar-refractivity contribution in [1.82, 2.24) is 0 Å². The molecule has 0 aliphatic heterocycles. The van der Waals surface area contributed by atoms with Gasteiger partial charge >= 0.3 is 13.7 Å². The van der Waals surface area contributed by atoms with E-state index in [-0.39, 0.29) is 13.2 Å². The molecular weight excluding hydrogens is 461 g/mol. The molecule has 0 aromatic heterocycles. The predicted molar refractivity (Wildman–Crippen MR) is 136 cm³/mol. The molecule has 0 atom stereocenters. The van der Waals surface area contributed by atoms with Gasteiger partial charge in [0.15, 0.2) is 0 Å². The third kappa shape index (κ3) is 5.36. The zero-order valence-electron chi connectivity index (χ0n) is 19.0. The lowest BCUT2D eigenvalue weighted by Gasteiger charge is -2.39. The number of anilines is 1. The third-order valence-electron chi connectivity index (χ3n) is 5.88. The zero-order valence-corrected chi connectivity index (χ0v) is 19.9. The smallest absolute Gasteiger partial charge is 0.414 e. The largest absolute Gasteiger partial charge is 0.444 e. The Kier molecular flexibility index (Phi) is 7.47. The number of rotatable bonds is 8. The highest BCUT2D eigenvalue weighted by Crippen LogP contribution is 2.61. The molecule has 6 nitrogen and oxygen atoms in total. The van der Waals surface area contributed by atoms with E-state index in [4.69, 9.17) is 4.74 Å². The van der Waals surface area contributed by atoms with E-state index in [9.17, 15) is 19.1 Å². The molecule has 2 N–H and O–H groups in total. The van der Waals surface area contributed by atoms with Crippen molar-refractivity contribution in [2.24, 2.45) is 0 Å². The second-order valence-corrected chi connectivity index (χ2v) is 9.95. The topological polar surface area (TPSA) is 87.1 Å². The summed E-state index contributed by atoms with van der Waals surface area (Å²) >= 11 is 0. The van der Waals surface area contributed by atoms with E-state index < -0.39 is 18.8 Å². The molecule has 7 heteroatoms. The molecule has 178 valence electrons. The summed E-state index contributed by atoms with van der Waals surface area (Å²) in [7, 11) is -4.89. The first-order valence-corrected chi connectivity index (χ1v) is 12.7. The molecule has 0 aliphatic carbocycles. The van der Waals surface area contributed by atoms with Crippen LogP contribution in [0.15, 0.2) is 121 Å². The van der Waals surface area contributed by atoms with Crippen molar-refractivity contribution in [2.45, 2.75) is 11.8 Å². The number of hydrogen-bond acceptors (Lipinski definition) is 3. The molecule has 0 aliphatic rings. The lowest BCUT2D eigenvalue weighted by molar-refractivity contribution is 0.146. The Morgan fingerprint density at radius 1 is 0.714 bits per heavy atom. The summed E-state index contributed by atoms with van der Waals surface area (Å²) in [5.41, 5.74) is 2.07. The molecular formula is C28H26NO5P. The quantitative estimate of drug-likeness (QED) is 0.300. The van der Waals surface area contributed by atoms with Gasteiger partial charge in [0.25, 0.3) is 0 Å². The van der Waals surface area contributed by atoms with E-state index in [2.05, 4.69) is 0 Å². The maximum atomic E-state index is 13.4. The fourth-order valence-electron chi connectivity index (χ4n) is 4.10. The van der Waals surface area contributed by atoms with Crippen molar-refractivity contribution in [3.05, 3.63) is 138 Å². The van der Waals surface area contributed by atoms with E-state index >= 15 is 0 Å². The number of hydrogen-bond donors (Lipinski definition) is 2. The van der Waals surface area contributed by atoms with Gasteiger partial charge in [-0.1, -0.05) is 109 Å². The Morgan fingerprint density at radius 3 is 1.60 bits per heavy atom. The Balaban J connectivity index is 1.82. The molecule has 1 amide bonds. The molecule has 35 heavy (non-hydrogen) atoms. The van der Waals surface area contributed by atoms with E-state index in [0.717, 1.165) is 5.56 Å². The second-order valence-electron chi connectivity index (χ2n) is 8.10. The van der Waals surface area contributed by atoms with Gasteiger partial charge in [-0.05, 0) is 28.8 Å². The van der Waals surface area contributed by atoms with Crippen molar-refractivity contribution in [2.75, 3.05) is 11.4 Å². The maximum absolute atomic E-state index is 13.4. The van der Waals surface area contributed by atoms with Crippen LogP contribution in [0.2, 0.25) is 0 Å².